The lowest BCUT2D eigenvalue weighted by Gasteiger charge is -2.43. The average molecular weight is 682 g/mol. The number of anilines is 2. The number of hydrogen-bond donors (Lipinski definition) is 1. The standard InChI is InChI=1S/C35H42ClF2N7O3/c1-42(2)33(46)30-28(36)27-18-43(11-5-13-45(27)41-30)31-24-19-48-35(10-3-6-21-7-8-23(39)14-25(21)35)16-26(24)40-32(29(31)38)47-20-34-9-4-12-44(34)17-22(37)15-34/h7-8,14,22H,3-6,9-13,15-20,39H2,1-2H3/t22-,34+,35+/m1/s1. The molecule has 1 aliphatic carbocycles. The van der Waals surface area contributed by atoms with Crippen LogP contribution in [-0.4, -0.2) is 82.5 Å². The number of ether oxygens (including phenoxy) is 2. The van der Waals surface area contributed by atoms with Crippen LogP contribution < -0.4 is 15.4 Å². The van der Waals surface area contributed by atoms with Gasteiger partial charge in [0, 0.05) is 57.8 Å². The molecule has 3 atom stereocenters. The predicted molar refractivity (Wildman–Crippen MR) is 178 cm³/mol. The summed E-state index contributed by atoms with van der Waals surface area (Å²) in [6.07, 6.45) is 5.02. The maximum absolute atomic E-state index is 17.0. The van der Waals surface area contributed by atoms with E-state index in [0.29, 0.717) is 61.5 Å². The highest BCUT2D eigenvalue weighted by molar-refractivity contribution is 6.34. The maximum atomic E-state index is 17.0. The van der Waals surface area contributed by atoms with Gasteiger partial charge >= 0.3 is 0 Å². The van der Waals surface area contributed by atoms with Crippen LogP contribution in [0.3, 0.4) is 0 Å². The molecule has 48 heavy (non-hydrogen) atoms. The Bertz CT molecular complexity index is 1790. The molecule has 2 aromatic heterocycles. The van der Waals surface area contributed by atoms with Gasteiger partial charge in [-0.3, -0.25) is 14.4 Å². The first-order chi connectivity index (χ1) is 23.1. The van der Waals surface area contributed by atoms with Gasteiger partial charge in [0.2, 0.25) is 5.82 Å². The van der Waals surface area contributed by atoms with Crippen LogP contribution in [0.25, 0.3) is 0 Å². The number of carbonyl (C=O) groups excluding carboxylic acids is 1. The summed E-state index contributed by atoms with van der Waals surface area (Å²) >= 11 is 6.81. The van der Waals surface area contributed by atoms with Crippen LogP contribution in [0, 0.1) is 5.82 Å². The number of amides is 1. The van der Waals surface area contributed by atoms with Crippen LogP contribution in [0.2, 0.25) is 5.02 Å². The number of halogens is 3. The third-order valence-corrected chi connectivity index (χ3v) is 11.6. The van der Waals surface area contributed by atoms with Crippen LogP contribution in [0.4, 0.5) is 20.2 Å². The number of fused-ring (bicyclic) bond motifs is 5. The van der Waals surface area contributed by atoms with Gasteiger partial charge in [0.1, 0.15) is 12.8 Å². The molecule has 4 aliphatic heterocycles. The third-order valence-electron chi connectivity index (χ3n) is 11.2. The first-order valence-corrected chi connectivity index (χ1v) is 17.4. The Hall–Kier alpha value is -3.48. The average Bonchev–Trinajstić information content (AvgIpc) is 3.63. The van der Waals surface area contributed by atoms with Gasteiger partial charge in [0.15, 0.2) is 5.69 Å². The molecular weight excluding hydrogens is 640 g/mol. The molecule has 2 N–H and O–H groups in total. The van der Waals surface area contributed by atoms with Gasteiger partial charge in [0.25, 0.3) is 11.8 Å². The molecule has 0 radical (unpaired) electrons. The van der Waals surface area contributed by atoms with E-state index in [1.165, 1.54) is 10.5 Å². The molecule has 1 amide bonds. The summed E-state index contributed by atoms with van der Waals surface area (Å²) in [7, 11) is 3.32. The maximum Gasteiger partial charge on any atom is 0.275 e. The highest BCUT2D eigenvalue weighted by Gasteiger charge is 2.50. The number of aryl methyl sites for hydroxylation is 2. The molecule has 1 spiro atoms. The Labute approximate surface area is 284 Å². The molecule has 3 aromatic rings. The normalized spacial score (nSPS) is 26.5. The van der Waals surface area contributed by atoms with Crippen LogP contribution in [0.5, 0.6) is 5.88 Å². The van der Waals surface area contributed by atoms with Crippen molar-refractivity contribution in [2.75, 3.05) is 51.0 Å². The largest absolute Gasteiger partial charge is 0.474 e. The fourth-order valence-corrected chi connectivity index (χ4v) is 9.08. The quantitative estimate of drug-likeness (QED) is 0.375. The topological polar surface area (TPSA) is 102 Å². The molecule has 0 unspecified atom stereocenters. The zero-order valence-electron chi connectivity index (χ0n) is 27.5. The Morgan fingerprint density at radius 1 is 1.21 bits per heavy atom. The molecule has 8 rings (SSSR count). The monoisotopic (exact) mass is 681 g/mol. The number of nitrogen functional groups attached to an aromatic ring is 1. The molecule has 10 nitrogen and oxygen atoms in total. The molecule has 6 heterocycles. The van der Waals surface area contributed by atoms with Gasteiger partial charge in [-0.25, -0.2) is 9.37 Å². The summed E-state index contributed by atoms with van der Waals surface area (Å²) in [6, 6.07) is 6.01. The number of aromatic nitrogens is 3. The minimum absolute atomic E-state index is 0.0692. The van der Waals surface area contributed by atoms with Crippen LogP contribution >= 0.6 is 11.6 Å². The van der Waals surface area contributed by atoms with Crippen molar-refractivity contribution in [2.24, 2.45) is 0 Å². The molecule has 256 valence electrons. The molecule has 0 saturated carbocycles. The summed E-state index contributed by atoms with van der Waals surface area (Å²) < 4.78 is 46.5. The molecular formula is C35H42ClF2N7O3. The Kier molecular flexibility index (Phi) is 7.84. The Morgan fingerprint density at radius 2 is 2.06 bits per heavy atom. The zero-order valence-corrected chi connectivity index (χ0v) is 28.3. The lowest BCUT2D eigenvalue weighted by atomic mass is 9.74. The smallest absolute Gasteiger partial charge is 0.275 e. The second-order valence-corrected chi connectivity index (χ2v) is 14.8. The highest BCUT2D eigenvalue weighted by Crippen LogP contribution is 2.48. The number of carbonyl (C=O) groups is 1. The van der Waals surface area contributed by atoms with E-state index < -0.39 is 23.1 Å². The van der Waals surface area contributed by atoms with Gasteiger partial charge in [-0.15, -0.1) is 0 Å². The predicted octanol–water partition coefficient (Wildman–Crippen LogP) is 5.02. The molecule has 0 bridgehead atoms. The molecule has 5 aliphatic rings. The van der Waals surface area contributed by atoms with E-state index in [-0.39, 0.29) is 42.3 Å². The second-order valence-electron chi connectivity index (χ2n) is 14.4. The van der Waals surface area contributed by atoms with Gasteiger partial charge in [-0.05, 0) is 68.3 Å². The van der Waals surface area contributed by atoms with Gasteiger partial charge in [-0.1, -0.05) is 17.7 Å². The van der Waals surface area contributed by atoms with Crippen LogP contribution in [0.1, 0.15) is 77.1 Å². The van der Waals surface area contributed by atoms with E-state index in [4.69, 9.17) is 31.8 Å². The summed E-state index contributed by atoms with van der Waals surface area (Å²) in [5.41, 5.74) is 10.7. The summed E-state index contributed by atoms with van der Waals surface area (Å²) in [5, 5.41) is 4.82. The van der Waals surface area contributed by atoms with Crippen molar-refractivity contribution >= 4 is 28.9 Å². The van der Waals surface area contributed by atoms with Crippen molar-refractivity contribution < 1.29 is 23.0 Å². The van der Waals surface area contributed by atoms with E-state index >= 15 is 4.39 Å². The minimum Gasteiger partial charge on any atom is -0.474 e. The van der Waals surface area contributed by atoms with Crippen molar-refractivity contribution in [1.29, 1.82) is 0 Å². The number of nitrogens with zero attached hydrogens (tertiary/aromatic N) is 6. The van der Waals surface area contributed by atoms with E-state index in [1.807, 2.05) is 17.0 Å². The van der Waals surface area contributed by atoms with Gasteiger partial charge in [0.05, 0.1) is 46.4 Å². The van der Waals surface area contributed by atoms with E-state index in [0.717, 1.165) is 49.9 Å². The SMILES string of the molecule is CN(C)C(=O)c1nn2c(c1Cl)CN(c1c(F)c(OC[C@@]34CCCN3C[C@H](F)C4)nc3c1CO[C@@]1(CCCc4ccc(N)cc41)C3)CCC2. The van der Waals surface area contributed by atoms with Crippen LogP contribution in [0.15, 0.2) is 18.2 Å². The number of rotatable bonds is 5. The fourth-order valence-electron chi connectivity index (χ4n) is 8.81. The summed E-state index contributed by atoms with van der Waals surface area (Å²) in [6.45, 7) is 2.84. The molecule has 2 fully saturated rings. The highest BCUT2D eigenvalue weighted by atomic mass is 35.5. The van der Waals surface area contributed by atoms with Gasteiger partial charge in [-0.2, -0.15) is 9.49 Å². The summed E-state index contributed by atoms with van der Waals surface area (Å²) in [5.74, 6) is -0.920. The van der Waals surface area contributed by atoms with Crippen molar-refractivity contribution in [1.82, 2.24) is 24.6 Å². The van der Waals surface area contributed by atoms with Crippen LogP contribution in [-0.2, 0) is 42.9 Å². The van der Waals surface area contributed by atoms with E-state index in [9.17, 15) is 9.18 Å². The minimum atomic E-state index is -0.919. The lowest BCUT2D eigenvalue weighted by Crippen LogP contribution is -2.44. The Balaban J connectivity index is 1.20. The first-order valence-electron chi connectivity index (χ1n) is 17.1. The molecule has 2 saturated heterocycles. The van der Waals surface area contributed by atoms with Crippen molar-refractivity contribution in [3.63, 3.8) is 0 Å². The van der Waals surface area contributed by atoms with Crippen molar-refractivity contribution in [3.05, 3.63) is 62.8 Å². The number of nitrogens with two attached hydrogens (primary N) is 1. The summed E-state index contributed by atoms with van der Waals surface area (Å²) in [4.78, 5) is 23.3. The number of pyridine rings is 1. The Morgan fingerprint density at radius 3 is 2.90 bits per heavy atom. The van der Waals surface area contributed by atoms with Crippen molar-refractivity contribution in [3.8, 4) is 5.88 Å². The van der Waals surface area contributed by atoms with E-state index in [2.05, 4.69) is 16.1 Å². The third kappa shape index (κ3) is 5.13. The zero-order chi connectivity index (χ0) is 33.4. The van der Waals surface area contributed by atoms with E-state index in [1.54, 1.807) is 18.8 Å². The second kappa shape index (κ2) is 11.8. The number of hydrogen-bond acceptors (Lipinski definition) is 8. The first kappa shape index (κ1) is 31.8. The lowest BCUT2D eigenvalue weighted by molar-refractivity contribution is -0.0855. The van der Waals surface area contributed by atoms with Gasteiger partial charge < -0.3 is 25.0 Å². The molecule has 13 heteroatoms. The number of alkyl halides is 1. The molecule has 1 aromatic carbocycles. The van der Waals surface area contributed by atoms with Crippen molar-refractivity contribution in [2.45, 2.75) is 88.4 Å². The number of benzene rings is 1. The fraction of sp³-hybridized carbons (Fsp3) is 0.571.